The first-order chi connectivity index (χ1) is 5.54. The molecule has 1 aromatic carbocycles. The lowest BCUT2D eigenvalue weighted by molar-refractivity contribution is -0.137. The van der Waals surface area contributed by atoms with Crippen LogP contribution >= 0.6 is 0 Å². The topological polar surface area (TPSA) is 23.8 Å². The Kier molecular flexibility index (Phi) is 2.05. The Morgan fingerprint density at radius 1 is 1.33 bits per heavy atom. The molecule has 0 saturated heterocycles. The van der Waals surface area contributed by atoms with E-state index in [-0.39, 0.29) is 5.56 Å². The van der Waals surface area contributed by atoms with E-state index >= 15 is 0 Å². The van der Waals surface area contributed by atoms with E-state index in [1.54, 1.807) is 6.07 Å². The smallest absolute Gasteiger partial charge is 0.192 e. The van der Waals surface area contributed by atoms with Crippen molar-refractivity contribution >= 4 is 0 Å². The Balaban J connectivity index is 3.13. The van der Waals surface area contributed by atoms with E-state index < -0.39 is 11.7 Å². The van der Waals surface area contributed by atoms with Crippen molar-refractivity contribution in [1.82, 2.24) is 0 Å². The number of benzene rings is 1. The van der Waals surface area contributed by atoms with Gasteiger partial charge in [0.15, 0.2) is 0 Å². The van der Waals surface area contributed by atoms with Crippen LogP contribution in [0.2, 0.25) is 0 Å². The highest BCUT2D eigenvalue weighted by molar-refractivity contribution is 5.33. The molecule has 0 heterocycles. The lowest BCUT2D eigenvalue weighted by Gasteiger charge is -2.04. The van der Waals surface area contributed by atoms with Gasteiger partial charge in [0.2, 0.25) is 0 Å². The zero-order valence-corrected chi connectivity index (χ0v) is 5.81. The molecule has 0 bridgehead atoms. The molecule has 1 aromatic rings. The van der Waals surface area contributed by atoms with Gasteiger partial charge in [-0.15, -0.1) is 0 Å². The van der Waals surface area contributed by atoms with Crippen molar-refractivity contribution in [3.8, 4) is 6.07 Å². The number of nitriles is 1. The normalized spacial score (nSPS) is 10.8. The first-order valence-corrected chi connectivity index (χ1v) is 3.02. The summed E-state index contributed by atoms with van der Waals surface area (Å²) < 4.78 is 35.9. The SMILES string of the molecule is N#Cc1c[c]cc(C(F)(F)F)c1. The maximum absolute atomic E-state index is 12.0. The molecule has 1 rings (SSSR count). The van der Waals surface area contributed by atoms with Crippen LogP contribution in [0.5, 0.6) is 0 Å². The van der Waals surface area contributed by atoms with Crippen molar-refractivity contribution in [3.63, 3.8) is 0 Å². The number of alkyl halides is 3. The molecule has 0 aliphatic heterocycles. The van der Waals surface area contributed by atoms with Crippen LogP contribution in [0.15, 0.2) is 18.2 Å². The quantitative estimate of drug-likeness (QED) is 0.586. The van der Waals surface area contributed by atoms with E-state index in [0.717, 1.165) is 12.1 Å². The highest BCUT2D eigenvalue weighted by Crippen LogP contribution is 2.29. The minimum atomic E-state index is -4.40. The lowest BCUT2D eigenvalue weighted by Crippen LogP contribution is -2.04. The maximum atomic E-state index is 12.0. The zero-order chi connectivity index (χ0) is 9.19. The fraction of sp³-hybridized carbons (Fsp3) is 0.125. The van der Waals surface area contributed by atoms with Crippen LogP contribution in [-0.4, -0.2) is 0 Å². The van der Waals surface area contributed by atoms with E-state index in [2.05, 4.69) is 6.07 Å². The van der Waals surface area contributed by atoms with Gasteiger partial charge in [-0.05, 0) is 24.3 Å². The molecule has 0 atom stereocenters. The van der Waals surface area contributed by atoms with Gasteiger partial charge in [-0.25, -0.2) is 0 Å². The second-order valence-electron chi connectivity index (χ2n) is 2.12. The standard InChI is InChI=1S/C8H3F3N/c9-8(10,11)7-3-1-2-6(4-7)5-12/h2-4H. The molecule has 0 saturated carbocycles. The van der Waals surface area contributed by atoms with Gasteiger partial charge in [0.05, 0.1) is 17.2 Å². The third-order valence-electron chi connectivity index (χ3n) is 1.25. The van der Waals surface area contributed by atoms with Crippen LogP contribution in [0.3, 0.4) is 0 Å². The Morgan fingerprint density at radius 2 is 2.00 bits per heavy atom. The second-order valence-corrected chi connectivity index (χ2v) is 2.12. The van der Waals surface area contributed by atoms with Gasteiger partial charge in [0.25, 0.3) is 0 Å². The predicted molar refractivity (Wildman–Crippen MR) is 35.0 cm³/mol. The molecule has 1 nitrogen and oxygen atoms in total. The van der Waals surface area contributed by atoms with Crippen molar-refractivity contribution in [1.29, 1.82) is 5.26 Å². The van der Waals surface area contributed by atoms with Gasteiger partial charge in [-0.1, -0.05) is 0 Å². The Labute approximate surface area is 67.1 Å². The van der Waals surface area contributed by atoms with Crippen molar-refractivity contribution in [3.05, 3.63) is 35.4 Å². The van der Waals surface area contributed by atoms with E-state index in [0.29, 0.717) is 0 Å². The average molecular weight is 170 g/mol. The third kappa shape index (κ3) is 1.76. The highest BCUT2D eigenvalue weighted by atomic mass is 19.4. The summed E-state index contributed by atoms with van der Waals surface area (Å²) in [6, 6.07) is 6.65. The highest BCUT2D eigenvalue weighted by Gasteiger charge is 2.30. The molecular weight excluding hydrogens is 167 g/mol. The van der Waals surface area contributed by atoms with Gasteiger partial charge in [0.1, 0.15) is 0 Å². The zero-order valence-electron chi connectivity index (χ0n) is 5.81. The molecule has 0 fully saturated rings. The van der Waals surface area contributed by atoms with Crippen molar-refractivity contribution in [2.45, 2.75) is 6.18 Å². The molecule has 1 radical (unpaired) electrons. The van der Waals surface area contributed by atoms with Gasteiger partial charge in [-0.2, -0.15) is 18.4 Å². The molecule has 0 aliphatic rings. The van der Waals surface area contributed by atoms with Crippen molar-refractivity contribution in [2.75, 3.05) is 0 Å². The molecule has 0 spiro atoms. The van der Waals surface area contributed by atoms with E-state index in [9.17, 15) is 13.2 Å². The molecule has 0 aromatic heterocycles. The van der Waals surface area contributed by atoms with Crippen LogP contribution < -0.4 is 0 Å². The molecule has 0 unspecified atom stereocenters. The average Bonchev–Trinajstić information content (AvgIpc) is 2.03. The number of rotatable bonds is 0. The summed E-state index contributed by atoms with van der Waals surface area (Å²) in [5.41, 5.74) is -0.883. The van der Waals surface area contributed by atoms with E-state index in [4.69, 9.17) is 5.26 Å². The van der Waals surface area contributed by atoms with Gasteiger partial charge < -0.3 is 0 Å². The Morgan fingerprint density at radius 3 is 2.50 bits per heavy atom. The molecule has 0 aliphatic carbocycles. The van der Waals surface area contributed by atoms with Crippen LogP contribution in [0.1, 0.15) is 11.1 Å². The maximum Gasteiger partial charge on any atom is 0.416 e. The Hall–Kier alpha value is -1.50. The summed E-state index contributed by atoms with van der Waals surface area (Å²) in [5, 5.41) is 8.29. The van der Waals surface area contributed by atoms with Crippen molar-refractivity contribution < 1.29 is 13.2 Å². The summed E-state index contributed by atoms with van der Waals surface area (Å²) in [7, 11) is 0. The summed E-state index contributed by atoms with van der Waals surface area (Å²) in [4.78, 5) is 0. The van der Waals surface area contributed by atoms with Gasteiger partial charge >= 0.3 is 6.18 Å². The molecule has 12 heavy (non-hydrogen) atoms. The molecule has 4 heteroatoms. The summed E-state index contributed by atoms with van der Waals surface area (Å²) in [6.45, 7) is 0. The largest absolute Gasteiger partial charge is 0.416 e. The van der Waals surface area contributed by atoms with E-state index in [1.807, 2.05) is 0 Å². The van der Waals surface area contributed by atoms with Crippen molar-refractivity contribution in [2.24, 2.45) is 0 Å². The first-order valence-electron chi connectivity index (χ1n) is 3.02. The van der Waals surface area contributed by atoms with Crippen LogP contribution in [0.25, 0.3) is 0 Å². The number of hydrogen-bond donors (Lipinski definition) is 0. The third-order valence-corrected chi connectivity index (χ3v) is 1.25. The van der Waals surface area contributed by atoms with Crippen LogP contribution in [0, 0.1) is 17.4 Å². The summed E-state index contributed by atoms with van der Waals surface area (Å²) in [6.07, 6.45) is -4.40. The summed E-state index contributed by atoms with van der Waals surface area (Å²) in [5.74, 6) is 0. The van der Waals surface area contributed by atoms with Gasteiger partial charge in [0, 0.05) is 0 Å². The second kappa shape index (κ2) is 2.86. The Bertz CT molecular complexity index is 322. The molecular formula is C8H3F3N. The summed E-state index contributed by atoms with van der Waals surface area (Å²) >= 11 is 0. The molecule has 0 N–H and O–H groups in total. The molecule has 0 amide bonds. The monoisotopic (exact) mass is 170 g/mol. The molecule has 61 valence electrons. The predicted octanol–water partition coefficient (Wildman–Crippen LogP) is 2.38. The minimum Gasteiger partial charge on any atom is -0.192 e. The number of hydrogen-bond acceptors (Lipinski definition) is 1. The first kappa shape index (κ1) is 8.60. The fourth-order valence-electron chi connectivity index (χ4n) is 0.700. The van der Waals surface area contributed by atoms with E-state index in [1.165, 1.54) is 6.07 Å². The fourth-order valence-corrected chi connectivity index (χ4v) is 0.700. The number of halogens is 3. The van der Waals surface area contributed by atoms with Crippen LogP contribution in [-0.2, 0) is 6.18 Å². The number of nitrogens with zero attached hydrogens (tertiary/aromatic N) is 1. The lowest BCUT2D eigenvalue weighted by atomic mass is 10.1. The van der Waals surface area contributed by atoms with Gasteiger partial charge in [-0.3, -0.25) is 0 Å². The minimum absolute atomic E-state index is 0.0372. The van der Waals surface area contributed by atoms with Crippen LogP contribution in [0.4, 0.5) is 13.2 Å².